The molecule has 2 N–H and O–H groups in total. The molecule has 0 aliphatic rings. The summed E-state index contributed by atoms with van der Waals surface area (Å²) in [5.41, 5.74) is 1.20. The fraction of sp³-hybridized carbons (Fsp3) is 0.200. The van der Waals surface area contributed by atoms with E-state index in [2.05, 4.69) is 20.8 Å². The maximum atomic E-state index is 12.3. The monoisotopic (exact) mass is 479 g/mol. The van der Waals surface area contributed by atoms with Crippen LogP contribution in [0.4, 0.5) is 11.4 Å². The van der Waals surface area contributed by atoms with Gasteiger partial charge in [-0.3, -0.25) is 9.59 Å². The number of hydrogen-bond donors (Lipinski definition) is 2. The van der Waals surface area contributed by atoms with E-state index in [-0.39, 0.29) is 24.0 Å². The van der Waals surface area contributed by atoms with E-state index in [9.17, 15) is 9.59 Å². The maximum Gasteiger partial charge on any atom is 0.234 e. The average Bonchev–Trinajstić information content (AvgIpc) is 3.09. The summed E-state index contributed by atoms with van der Waals surface area (Å²) in [6.07, 6.45) is 0.0162. The minimum atomic E-state index is -0.275. The van der Waals surface area contributed by atoms with Gasteiger partial charge in [-0.1, -0.05) is 35.0 Å². The predicted octanol–water partition coefficient (Wildman–Crippen LogP) is 4.04. The molecule has 0 unspecified atom stereocenters. The predicted molar refractivity (Wildman–Crippen MR) is 122 cm³/mol. The Bertz CT molecular complexity index is 1090. The number of methoxy groups -OCH3 is 1. The molecule has 2 aromatic carbocycles. The third-order valence-electron chi connectivity index (χ3n) is 4.15. The first-order valence-corrected chi connectivity index (χ1v) is 10.8. The molecule has 0 saturated carbocycles. The van der Waals surface area contributed by atoms with E-state index in [0.717, 1.165) is 0 Å². The van der Waals surface area contributed by atoms with Gasteiger partial charge >= 0.3 is 0 Å². The molecule has 0 bridgehead atoms. The highest BCUT2D eigenvalue weighted by Crippen LogP contribution is 2.25. The number of halogens is 2. The third kappa shape index (κ3) is 6.36. The molecule has 0 aliphatic heterocycles. The summed E-state index contributed by atoms with van der Waals surface area (Å²) < 4.78 is 6.77. The topological polar surface area (TPSA) is 98.1 Å². The lowest BCUT2D eigenvalue weighted by Crippen LogP contribution is -2.17. The molecule has 8 nitrogen and oxygen atoms in total. The molecule has 1 aromatic heterocycles. The van der Waals surface area contributed by atoms with E-state index in [1.54, 1.807) is 61.2 Å². The number of ether oxygens (including phenoxy) is 1. The Kier molecular flexibility index (Phi) is 7.78. The van der Waals surface area contributed by atoms with Gasteiger partial charge in [0.2, 0.25) is 11.8 Å². The number of nitrogens with one attached hydrogen (secondary N) is 2. The first-order valence-electron chi connectivity index (χ1n) is 9.05. The number of carbonyl (C=O) groups is 2. The summed E-state index contributed by atoms with van der Waals surface area (Å²) >= 11 is 13.1. The molecule has 2 amide bonds. The number of rotatable bonds is 8. The van der Waals surface area contributed by atoms with Gasteiger partial charge in [0.05, 0.1) is 29.3 Å². The lowest BCUT2D eigenvalue weighted by atomic mass is 10.3. The number of thioether (sulfide) groups is 1. The quantitative estimate of drug-likeness (QED) is 0.473. The number of benzene rings is 2. The lowest BCUT2D eigenvalue weighted by molar-refractivity contribution is -0.116. The van der Waals surface area contributed by atoms with Gasteiger partial charge in [-0.25, -0.2) is 0 Å². The second-order valence-electron chi connectivity index (χ2n) is 6.38. The Labute approximate surface area is 193 Å². The Morgan fingerprint density at radius 2 is 1.68 bits per heavy atom. The van der Waals surface area contributed by atoms with E-state index in [1.807, 2.05) is 0 Å². The zero-order valence-corrected chi connectivity index (χ0v) is 19.0. The summed E-state index contributed by atoms with van der Waals surface area (Å²) in [5, 5.41) is 14.9. The first kappa shape index (κ1) is 22.9. The van der Waals surface area contributed by atoms with Crippen molar-refractivity contribution in [3.63, 3.8) is 0 Å². The van der Waals surface area contributed by atoms with E-state index in [1.165, 1.54) is 11.8 Å². The number of hydrogen-bond acceptors (Lipinski definition) is 6. The van der Waals surface area contributed by atoms with Crippen molar-refractivity contribution in [2.45, 2.75) is 11.6 Å². The molecule has 0 atom stereocenters. The van der Waals surface area contributed by atoms with Crippen LogP contribution in [-0.4, -0.2) is 39.4 Å². The molecular weight excluding hydrogens is 461 g/mol. The Morgan fingerprint density at radius 3 is 2.35 bits per heavy atom. The minimum absolute atomic E-state index is 0.0162. The van der Waals surface area contributed by atoms with Crippen LogP contribution in [0.5, 0.6) is 5.75 Å². The number of aromatic nitrogens is 3. The SMILES string of the molecule is COc1ccc(NC(=O)CSc2nnc(CC(=O)Nc3ccc(Cl)c(Cl)c3)n2C)cc1. The van der Waals surface area contributed by atoms with E-state index in [4.69, 9.17) is 27.9 Å². The zero-order chi connectivity index (χ0) is 22.4. The Balaban J connectivity index is 1.52. The standard InChI is InChI=1S/C20H19Cl2N5O3S/c1-27-17(10-18(28)24-13-5-8-15(21)16(22)9-13)25-26-20(27)31-11-19(29)23-12-3-6-14(30-2)7-4-12/h3-9H,10-11H2,1-2H3,(H,23,29)(H,24,28). The highest BCUT2D eigenvalue weighted by atomic mass is 35.5. The molecule has 0 fully saturated rings. The number of amides is 2. The van der Waals surface area contributed by atoms with Crippen LogP contribution in [0.1, 0.15) is 5.82 Å². The van der Waals surface area contributed by atoms with Gasteiger partial charge in [-0.05, 0) is 42.5 Å². The molecule has 3 rings (SSSR count). The molecule has 0 radical (unpaired) electrons. The van der Waals surface area contributed by atoms with Crippen molar-refractivity contribution >= 4 is 58.2 Å². The van der Waals surface area contributed by atoms with Gasteiger partial charge in [-0.15, -0.1) is 10.2 Å². The minimum Gasteiger partial charge on any atom is -0.497 e. The van der Waals surface area contributed by atoms with Crippen molar-refractivity contribution in [3.05, 3.63) is 58.3 Å². The van der Waals surface area contributed by atoms with E-state index in [0.29, 0.717) is 38.2 Å². The van der Waals surface area contributed by atoms with Crippen molar-refractivity contribution in [3.8, 4) is 5.75 Å². The van der Waals surface area contributed by atoms with Crippen LogP contribution < -0.4 is 15.4 Å². The van der Waals surface area contributed by atoms with Crippen molar-refractivity contribution in [2.75, 3.05) is 23.5 Å². The van der Waals surface area contributed by atoms with Gasteiger partial charge in [0, 0.05) is 18.4 Å². The van der Waals surface area contributed by atoms with Crippen LogP contribution in [0.2, 0.25) is 10.0 Å². The summed E-state index contributed by atoms with van der Waals surface area (Å²) in [6, 6.07) is 11.9. The van der Waals surface area contributed by atoms with Crippen molar-refractivity contribution < 1.29 is 14.3 Å². The smallest absolute Gasteiger partial charge is 0.234 e. The maximum absolute atomic E-state index is 12.3. The van der Waals surface area contributed by atoms with Crippen LogP contribution in [0, 0.1) is 0 Å². The fourth-order valence-corrected chi connectivity index (χ4v) is 3.58. The van der Waals surface area contributed by atoms with E-state index < -0.39 is 0 Å². The fourth-order valence-electron chi connectivity index (χ4n) is 2.55. The molecule has 0 saturated heterocycles. The molecule has 1 heterocycles. The summed E-state index contributed by atoms with van der Waals surface area (Å²) in [6.45, 7) is 0. The molecule has 11 heteroatoms. The lowest BCUT2D eigenvalue weighted by Gasteiger charge is -2.07. The van der Waals surface area contributed by atoms with Crippen LogP contribution in [0.15, 0.2) is 47.6 Å². The molecular formula is C20H19Cl2N5O3S. The highest BCUT2D eigenvalue weighted by Gasteiger charge is 2.15. The van der Waals surface area contributed by atoms with Gasteiger partial charge in [0.15, 0.2) is 5.16 Å². The largest absolute Gasteiger partial charge is 0.497 e. The highest BCUT2D eigenvalue weighted by molar-refractivity contribution is 7.99. The van der Waals surface area contributed by atoms with Crippen LogP contribution >= 0.6 is 35.0 Å². The van der Waals surface area contributed by atoms with Gasteiger partial charge < -0.3 is 19.9 Å². The normalized spacial score (nSPS) is 10.6. The van der Waals surface area contributed by atoms with E-state index >= 15 is 0 Å². The molecule has 31 heavy (non-hydrogen) atoms. The molecule has 162 valence electrons. The van der Waals surface area contributed by atoms with Crippen molar-refractivity contribution in [1.29, 1.82) is 0 Å². The summed E-state index contributed by atoms with van der Waals surface area (Å²) in [7, 11) is 3.32. The summed E-state index contributed by atoms with van der Waals surface area (Å²) in [4.78, 5) is 24.5. The molecule has 0 spiro atoms. The second-order valence-corrected chi connectivity index (χ2v) is 8.13. The number of nitrogens with zero attached hydrogens (tertiary/aromatic N) is 3. The Hall–Kier alpha value is -2.75. The first-order chi connectivity index (χ1) is 14.9. The average molecular weight is 480 g/mol. The second kappa shape index (κ2) is 10.5. The van der Waals surface area contributed by atoms with Crippen LogP contribution in [0.25, 0.3) is 0 Å². The van der Waals surface area contributed by atoms with Gasteiger partial charge in [-0.2, -0.15) is 0 Å². The number of anilines is 2. The van der Waals surface area contributed by atoms with Crippen molar-refractivity contribution in [2.24, 2.45) is 7.05 Å². The van der Waals surface area contributed by atoms with Crippen LogP contribution in [0.3, 0.4) is 0 Å². The van der Waals surface area contributed by atoms with Crippen LogP contribution in [-0.2, 0) is 23.1 Å². The third-order valence-corrected chi connectivity index (χ3v) is 5.91. The molecule has 0 aliphatic carbocycles. The Morgan fingerprint density at radius 1 is 1.00 bits per heavy atom. The van der Waals surface area contributed by atoms with Gasteiger partial charge in [0.1, 0.15) is 11.6 Å². The van der Waals surface area contributed by atoms with Crippen molar-refractivity contribution in [1.82, 2.24) is 14.8 Å². The molecule has 3 aromatic rings. The summed E-state index contributed by atoms with van der Waals surface area (Å²) in [5.74, 6) is 0.866. The number of carbonyl (C=O) groups excluding carboxylic acids is 2. The van der Waals surface area contributed by atoms with Gasteiger partial charge in [0.25, 0.3) is 0 Å². The zero-order valence-electron chi connectivity index (χ0n) is 16.7.